The van der Waals surface area contributed by atoms with E-state index in [0.29, 0.717) is 11.7 Å². The van der Waals surface area contributed by atoms with E-state index in [9.17, 15) is 14.7 Å². The maximum absolute atomic E-state index is 12.6. The number of carboxylic acid groups (broad SMARTS) is 1. The van der Waals surface area contributed by atoms with E-state index in [1.165, 1.54) is 11.8 Å². The van der Waals surface area contributed by atoms with E-state index in [-0.39, 0.29) is 11.4 Å². The number of likely N-dealkylation sites (tertiary alicyclic amines) is 1. The molecule has 2 fully saturated rings. The summed E-state index contributed by atoms with van der Waals surface area (Å²) in [6.07, 6.45) is 3.18. The van der Waals surface area contributed by atoms with Crippen LogP contribution in [0.25, 0.3) is 0 Å². The first kappa shape index (κ1) is 14.5. The topological polar surface area (TPSA) is 60.9 Å². The second kappa shape index (κ2) is 6.03. The van der Waals surface area contributed by atoms with Crippen LogP contribution in [0.5, 0.6) is 0 Å². The molecule has 0 aromatic rings. The number of thioether (sulfide) groups is 1. The first-order valence-electron chi connectivity index (χ1n) is 6.92. The molecule has 0 aromatic heterocycles. The van der Waals surface area contributed by atoms with Crippen molar-refractivity contribution in [1.82, 2.24) is 9.80 Å². The molecule has 19 heavy (non-hydrogen) atoms. The Morgan fingerprint density at radius 2 is 1.95 bits per heavy atom. The molecule has 0 radical (unpaired) electrons. The summed E-state index contributed by atoms with van der Waals surface area (Å²) < 4.78 is 0. The molecule has 108 valence electrons. The molecule has 0 aliphatic carbocycles. The monoisotopic (exact) mass is 286 g/mol. The maximum atomic E-state index is 12.6. The van der Waals surface area contributed by atoms with Gasteiger partial charge in [-0.2, -0.15) is 0 Å². The van der Waals surface area contributed by atoms with Gasteiger partial charge < -0.3 is 10.0 Å². The first-order valence-corrected chi connectivity index (χ1v) is 7.97. The van der Waals surface area contributed by atoms with Gasteiger partial charge in [-0.25, -0.2) is 9.59 Å². The summed E-state index contributed by atoms with van der Waals surface area (Å²) in [6.45, 7) is 5.62. The van der Waals surface area contributed by atoms with Crippen LogP contribution in [0, 0.1) is 5.92 Å². The Morgan fingerprint density at radius 3 is 2.63 bits per heavy atom. The van der Waals surface area contributed by atoms with E-state index in [0.717, 1.165) is 32.4 Å². The zero-order valence-electron chi connectivity index (χ0n) is 11.5. The number of carboxylic acids is 1. The van der Waals surface area contributed by atoms with Gasteiger partial charge in [-0.15, -0.1) is 11.8 Å². The number of carbonyl (C=O) groups excluding carboxylic acids is 1. The van der Waals surface area contributed by atoms with Gasteiger partial charge in [0.2, 0.25) is 0 Å². The molecule has 3 atom stereocenters. The van der Waals surface area contributed by atoms with E-state index in [1.807, 2.05) is 11.8 Å². The smallest absolute Gasteiger partial charge is 0.327 e. The minimum Gasteiger partial charge on any atom is -0.480 e. The number of hydrogen-bond acceptors (Lipinski definition) is 3. The fourth-order valence-corrected chi connectivity index (χ4v) is 3.90. The molecule has 2 aliphatic rings. The Bertz CT molecular complexity index is 364. The van der Waals surface area contributed by atoms with Gasteiger partial charge >= 0.3 is 12.0 Å². The minimum absolute atomic E-state index is 0.0470. The molecule has 0 saturated carbocycles. The lowest BCUT2D eigenvalue weighted by atomic mass is 10.0. The minimum atomic E-state index is -0.895. The third kappa shape index (κ3) is 3.16. The lowest BCUT2D eigenvalue weighted by molar-refractivity contribution is -0.141. The number of amides is 2. The number of rotatable bonds is 1. The predicted molar refractivity (Wildman–Crippen MR) is 75.2 cm³/mol. The van der Waals surface area contributed by atoms with Crippen molar-refractivity contribution < 1.29 is 14.7 Å². The number of urea groups is 1. The first-order chi connectivity index (χ1) is 9.00. The van der Waals surface area contributed by atoms with Crippen LogP contribution in [0.1, 0.15) is 33.1 Å². The Balaban J connectivity index is 2.06. The second-order valence-electron chi connectivity index (χ2n) is 5.50. The summed E-state index contributed by atoms with van der Waals surface area (Å²) >= 11 is 1.54. The molecule has 3 unspecified atom stereocenters. The lowest BCUT2D eigenvalue weighted by Gasteiger charge is -2.31. The maximum Gasteiger partial charge on any atom is 0.327 e. The zero-order valence-corrected chi connectivity index (χ0v) is 12.4. The van der Waals surface area contributed by atoms with Gasteiger partial charge in [0.15, 0.2) is 0 Å². The molecule has 2 heterocycles. The summed E-state index contributed by atoms with van der Waals surface area (Å²) in [5, 5.41) is 9.17. The predicted octanol–water partition coefficient (Wildman–Crippen LogP) is 2.08. The molecule has 5 nitrogen and oxygen atoms in total. The van der Waals surface area contributed by atoms with E-state index < -0.39 is 12.0 Å². The Labute approximate surface area is 118 Å². The van der Waals surface area contributed by atoms with Crippen molar-refractivity contribution >= 4 is 23.8 Å². The van der Waals surface area contributed by atoms with Gasteiger partial charge in [0.1, 0.15) is 6.04 Å². The highest BCUT2D eigenvalue weighted by molar-refractivity contribution is 8.00. The third-order valence-electron chi connectivity index (χ3n) is 4.02. The highest BCUT2D eigenvalue weighted by atomic mass is 32.2. The fourth-order valence-electron chi connectivity index (χ4n) is 2.74. The Hall–Kier alpha value is -0.910. The molecular weight excluding hydrogens is 264 g/mol. The summed E-state index contributed by atoms with van der Waals surface area (Å²) in [5.74, 6) is 0.249. The normalized spacial score (nSPS) is 32.2. The molecule has 2 rings (SSSR count). The average Bonchev–Trinajstić information content (AvgIpc) is 2.61. The summed E-state index contributed by atoms with van der Waals surface area (Å²) in [6, 6.07) is -0.771. The van der Waals surface area contributed by atoms with Crippen molar-refractivity contribution in [3.63, 3.8) is 0 Å². The van der Waals surface area contributed by atoms with Crippen LogP contribution in [-0.4, -0.2) is 57.2 Å². The van der Waals surface area contributed by atoms with Crippen molar-refractivity contribution in [2.24, 2.45) is 5.92 Å². The molecule has 1 N–H and O–H groups in total. The standard InChI is InChI=1S/C13H22N2O3S/c1-9-4-3-6-14(7-5-9)13(18)15-10(2)19-8-11(15)12(16)17/h9-11H,3-8H2,1-2H3,(H,16,17). The number of nitrogens with zero attached hydrogens (tertiary/aromatic N) is 2. The van der Waals surface area contributed by atoms with E-state index in [2.05, 4.69) is 6.92 Å². The quantitative estimate of drug-likeness (QED) is 0.801. The third-order valence-corrected chi connectivity index (χ3v) is 5.23. The van der Waals surface area contributed by atoms with Crippen LogP contribution in [-0.2, 0) is 4.79 Å². The Morgan fingerprint density at radius 1 is 1.21 bits per heavy atom. The van der Waals surface area contributed by atoms with Crippen molar-refractivity contribution in [3.05, 3.63) is 0 Å². The van der Waals surface area contributed by atoms with Crippen LogP contribution in [0.15, 0.2) is 0 Å². The highest BCUT2D eigenvalue weighted by Crippen LogP contribution is 2.30. The zero-order chi connectivity index (χ0) is 14.0. The van der Waals surface area contributed by atoms with Gasteiger partial charge in [-0.1, -0.05) is 6.92 Å². The van der Waals surface area contributed by atoms with Crippen LogP contribution >= 0.6 is 11.8 Å². The summed E-state index contributed by atoms with van der Waals surface area (Å²) in [4.78, 5) is 27.2. The van der Waals surface area contributed by atoms with E-state index in [4.69, 9.17) is 0 Å². The van der Waals surface area contributed by atoms with Gasteiger partial charge in [-0.05, 0) is 32.1 Å². The lowest BCUT2D eigenvalue weighted by Crippen LogP contribution is -2.51. The number of hydrogen-bond donors (Lipinski definition) is 1. The van der Waals surface area contributed by atoms with Gasteiger partial charge in [-0.3, -0.25) is 4.90 Å². The van der Waals surface area contributed by atoms with Crippen LogP contribution in [0.2, 0.25) is 0 Å². The average molecular weight is 286 g/mol. The van der Waals surface area contributed by atoms with Crippen molar-refractivity contribution in [1.29, 1.82) is 0 Å². The van der Waals surface area contributed by atoms with Crippen LogP contribution in [0.3, 0.4) is 0 Å². The van der Waals surface area contributed by atoms with Crippen molar-refractivity contribution in [3.8, 4) is 0 Å². The number of carbonyl (C=O) groups is 2. The molecule has 2 aliphatic heterocycles. The molecular formula is C13H22N2O3S. The highest BCUT2D eigenvalue weighted by Gasteiger charge is 2.41. The summed E-state index contributed by atoms with van der Waals surface area (Å²) in [7, 11) is 0. The van der Waals surface area contributed by atoms with Gasteiger partial charge in [0, 0.05) is 18.8 Å². The van der Waals surface area contributed by atoms with Gasteiger partial charge in [0.25, 0.3) is 0 Å². The van der Waals surface area contributed by atoms with Crippen LogP contribution < -0.4 is 0 Å². The molecule has 2 saturated heterocycles. The van der Waals surface area contributed by atoms with Crippen LogP contribution in [0.4, 0.5) is 4.79 Å². The van der Waals surface area contributed by atoms with Crippen molar-refractivity contribution in [2.75, 3.05) is 18.8 Å². The molecule has 0 bridgehead atoms. The molecule has 0 aromatic carbocycles. The fraction of sp³-hybridized carbons (Fsp3) is 0.846. The van der Waals surface area contributed by atoms with Crippen molar-refractivity contribution in [2.45, 2.75) is 44.5 Å². The molecule has 6 heteroatoms. The largest absolute Gasteiger partial charge is 0.480 e. The van der Waals surface area contributed by atoms with Gasteiger partial charge in [0.05, 0.1) is 5.37 Å². The Kier molecular flexibility index (Phi) is 4.60. The number of aliphatic carboxylic acids is 1. The van der Waals surface area contributed by atoms with E-state index in [1.54, 1.807) is 4.90 Å². The SMILES string of the molecule is CC1CCCN(C(=O)N2C(C)SCC2C(=O)O)CC1. The molecule has 0 spiro atoms. The summed E-state index contributed by atoms with van der Waals surface area (Å²) in [5.41, 5.74) is 0. The second-order valence-corrected chi connectivity index (χ2v) is 6.85. The molecule has 2 amide bonds. The van der Waals surface area contributed by atoms with E-state index >= 15 is 0 Å².